The molecule has 0 unspecified atom stereocenters. The number of halogens is 3. The second-order valence-electron chi connectivity index (χ2n) is 7.35. The maximum Gasteiger partial charge on any atom is 0.416 e. The van der Waals surface area contributed by atoms with E-state index in [1.165, 1.54) is 23.0 Å². The number of amides is 1. The summed E-state index contributed by atoms with van der Waals surface area (Å²) in [5, 5.41) is 11.5. The summed E-state index contributed by atoms with van der Waals surface area (Å²) in [6.07, 6.45) is -3.12. The Balaban J connectivity index is 1.63. The third-order valence-electron chi connectivity index (χ3n) is 5.20. The van der Waals surface area contributed by atoms with Crippen molar-refractivity contribution in [3.05, 3.63) is 89.0 Å². The zero-order valence-corrected chi connectivity index (χ0v) is 17.6. The minimum Gasteiger partial charge on any atom is -0.319 e. The van der Waals surface area contributed by atoms with Crippen molar-refractivity contribution in [3.8, 4) is 11.4 Å². The van der Waals surface area contributed by atoms with E-state index in [9.17, 15) is 18.0 Å². The van der Waals surface area contributed by atoms with E-state index < -0.39 is 17.6 Å². The van der Waals surface area contributed by atoms with Crippen molar-refractivity contribution < 1.29 is 18.0 Å². The Kier molecular flexibility index (Phi) is 5.33. The molecule has 0 bridgehead atoms. The molecule has 0 atom stereocenters. The molecule has 1 N–H and O–H groups in total. The second kappa shape index (κ2) is 7.99. The maximum atomic E-state index is 13.1. The molecule has 4 aromatic rings. The van der Waals surface area contributed by atoms with Crippen LogP contribution in [0.4, 0.5) is 18.9 Å². The Morgan fingerprint density at radius 1 is 0.906 bits per heavy atom. The van der Waals surface area contributed by atoms with Crippen molar-refractivity contribution in [2.75, 3.05) is 5.32 Å². The van der Waals surface area contributed by atoms with Gasteiger partial charge >= 0.3 is 6.18 Å². The number of alkyl halides is 3. The Hall–Kier alpha value is -3.88. The van der Waals surface area contributed by atoms with Crippen LogP contribution < -0.4 is 5.32 Å². The molecule has 0 spiro atoms. The van der Waals surface area contributed by atoms with Gasteiger partial charge in [-0.1, -0.05) is 24.3 Å². The van der Waals surface area contributed by atoms with E-state index in [1.807, 2.05) is 37.3 Å². The molecule has 1 amide bonds. The minimum atomic E-state index is -4.47. The van der Waals surface area contributed by atoms with Gasteiger partial charge in [-0.3, -0.25) is 4.79 Å². The normalized spacial score (nSPS) is 11.6. The smallest absolute Gasteiger partial charge is 0.319 e. The van der Waals surface area contributed by atoms with Crippen LogP contribution >= 0.6 is 0 Å². The topological polar surface area (TPSA) is 64.7 Å². The van der Waals surface area contributed by atoms with Crippen molar-refractivity contribution in [1.82, 2.24) is 19.6 Å². The highest BCUT2D eigenvalue weighted by Gasteiger charge is 2.31. The van der Waals surface area contributed by atoms with E-state index in [0.29, 0.717) is 17.1 Å². The number of carbonyl (C=O) groups excluding carboxylic acids is 1. The van der Waals surface area contributed by atoms with Gasteiger partial charge in [-0.15, -0.1) is 0 Å². The highest BCUT2D eigenvalue weighted by molar-refractivity contribution is 6.05. The van der Waals surface area contributed by atoms with Crippen molar-refractivity contribution in [1.29, 1.82) is 0 Å². The molecule has 2 heterocycles. The van der Waals surface area contributed by atoms with Crippen molar-refractivity contribution in [3.63, 3.8) is 0 Å². The fourth-order valence-corrected chi connectivity index (χ4v) is 3.53. The Morgan fingerprint density at radius 3 is 2.28 bits per heavy atom. The lowest BCUT2D eigenvalue weighted by Gasteiger charge is -2.10. The number of hydrogen-bond donors (Lipinski definition) is 1. The number of aromatic nitrogens is 4. The molecular weight excluding hydrogens is 419 g/mol. The molecule has 164 valence electrons. The molecule has 4 rings (SSSR count). The molecule has 0 fully saturated rings. The van der Waals surface area contributed by atoms with Gasteiger partial charge in [0.2, 0.25) is 0 Å². The summed E-state index contributed by atoms with van der Waals surface area (Å²) >= 11 is 0. The lowest BCUT2D eigenvalue weighted by Crippen LogP contribution is -2.14. The van der Waals surface area contributed by atoms with Gasteiger partial charge in [-0.05, 0) is 51.1 Å². The minimum absolute atomic E-state index is 0.223. The molecule has 0 aliphatic carbocycles. The molecular formula is C23H20F3N5O. The Bertz CT molecular complexity index is 1290. The number of rotatable bonds is 4. The van der Waals surface area contributed by atoms with Gasteiger partial charge in [0.15, 0.2) is 0 Å². The van der Waals surface area contributed by atoms with Gasteiger partial charge in [-0.2, -0.15) is 23.4 Å². The summed E-state index contributed by atoms with van der Waals surface area (Å²) in [6, 6.07) is 14.3. The van der Waals surface area contributed by atoms with E-state index >= 15 is 0 Å². The maximum absolute atomic E-state index is 13.1. The third-order valence-corrected chi connectivity index (χ3v) is 5.20. The summed E-state index contributed by atoms with van der Waals surface area (Å²) in [5.74, 6) is -0.417. The molecule has 0 saturated heterocycles. The molecule has 9 heteroatoms. The zero-order valence-electron chi connectivity index (χ0n) is 17.6. The van der Waals surface area contributed by atoms with E-state index in [1.54, 1.807) is 18.5 Å². The molecule has 0 radical (unpaired) electrons. The molecule has 0 saturated carbocycles. The van der Waals surface area contributed by atoms with Crippen LogP contribution in [-0.2, 0) is 6.18 Å². The van der Waals surface area contributed by atoms with Crippen molar-refractivity contribution >= 4 is 11.6 Å². The standard InChI is InChI=1S/C23H20F3N5O/c1-14-21(16(3)31(29-14)18-9-5-4-6-10-18)28-22(32)20-13-27-30(15(20)2)19-11-7-8-17(12-19)23(24,25)26/h4-13H,1-3H3,(H,28,32). The Morgan fingerprint density at radius 2 is 1.59 bits per heavy atom. The predicted octanol–water partition coefficient (Wildman–Crippen LogP) is 5.25. The van der Waals surface area contributed by atoms with Crippen LogP contribution in [0.1, 0.15) is 33.0 Å². The highest BCUT2D eigenvalue weighted by atomic mass is 19.4. The largest absolute Gasteiger partial charge is 0.416 e. The molecule has 32 heavy (non-hydrogen) atoms. The first-order valence-electron chi connectivity index (χ1n) is 9.82. The number of carbonyl (C=O) groups is 1. The van der Waals surface area contributed by atoms with Crippen LogP contribution in [0.15, 0.2) is 60.8 Å². The summed E-state index contributed by atoms with van der Waals surface area (Å²) < 4.78 is 42.2. The number of benzene rings is 2. The molecule has 2 aromatic carbocycles. The second-order valence-corrected chi connectivity index (χ2v) is 7.35. The van der Waals surface area contributed by atoms with Gasteiger partial charge in [0.05, 0.1) is 51.5 Å². The van der Waals surface area contributed by atoms with Crippen LogP contribution in [0.3, 0.4) is 0 Å². The van der Waals surface area contributed by atoms with E-state index in [0.717, 1.165) is 23.5 Å². The number of aryl methyl sites for hydroxylation is 1. The van der Waals surface area contributed by atoms with Crippen LogP contribution in [0.25, 0.3) is 11.4 Å². The van der Waals surface area contributed by atoms with Crippen LogP contribution in [0, 0.1) is 20.8 Å². The van der Waals surface area contributed by atoms with Gasteiger partial charge in [0.25, 0.3) is 5.91 Å². The van der Waals surface area contributed by atoms with E-state index in [2.05, 4.69) is 15.5 Å². The molecule has 0 aliphatic heterocycles. The van der Waals surface area contributed by atoms with Crippen molar-refractivity contribution in [2.45, 2.75) is 26.9 Å². The summed E-state index contributed by atoms with van der Waals surface area (Å²) in [4.78, 5) is 13.0. The Labute approximate surface area is 182 Å². The average molecular weight is 439 g/mol. The monoisotopic (exact) mass is 439 g/mol. The average Bonchev–Trinajstić information content (AvgIpc) is 3.28. The van der Waals surface area contributed by atoms with Crippen LogP contribution in [-0.4, -0.2) is 25.5 Å². The summed E-state index contributed by atoms with van der Waals surface area (Å²) in [6.45, 7) is 5.28. The van der Waals surface area contributed by atoms with Gasteiger partial charge in [-0.25, -0.2) is 9.36 Å². The quantitative estimate of drug-likeness (QED) is 0.472. The number of nitrogens with zero attached hydrogens (tertiary/aromatic N) is 4. The van der Waals surface area contributed by atoms with E-state index in [4.69, 9.17) is 0 Å². The lowest BCUT2D eigenvalue weighted by molar-refractivity contribution is -0.137. The zero-order chi connectivity index (χ0) is 23.0. The SMILES string of the molecule is Cc1nn(-c2ccccc2)c(C)c1NC(=O)c1cnn(-c2cccc(C(F)(F)F)c2)c1C. The number of hydrogen-bond acceptors (Lipinski definition) is 3. The highest BCUT2D eigenvalue weighted by Crippen LogP contribution is 2.31. The molecule has 2 aromatic heterocycles. The summed E-state index contributed by atoms with van der Waals surface area (Å²) in [7, 11) is 0. The van der Waals surface area contributed by atoms with Crippen LogP contribution in [0.2, 0.25) is 0 Å². The molecule has 0 aliphatic rings. The lowest BCUT2D eigenvalue weighted by atomic mass is 10.2. The first kappa shape index (κ1) is 21.4. The van der Waals surface area contributed by atoms with Gasteiger partial charge in [0, 0.05) is 0 Å². The summed E-state index contributed by atoms with van der Waals surface area (Å²) in [5.41, 5.74) is 2.96. The number of para-hydroxylation sites is 1. The van der Waals surface area contributed by atoms with Gasteiger partial charge in [0.1, 0.15) is 0 Å². The predicted molar refractivity (Wildman–Crippen MR) is 114 cm³/mol. The third kappa shape index (κ3) is 3.89. The first-order chi connectivity index (χ1) is 15.2. The van der Waals surface area contributed by atoms with E-state index in [-0.39, 0.29) is 11.3 Å². The van der Waals surface area contributed by atoms with Crippen LogP contribution in [0.5, 0.6) is 0 Å². The number of anilines is 1. The fraction of sp³-hybridized carbons (Fsp3) is 0.174. The fourth-order valence-electron chi connectivity index (χ4n) is 3.53. The first-order valence-corrected chi connectivity index (χ1v) is 9.82. The number of nitrogens with one attached hydrogen (secondary N) is 1. The molecule has 6 nitrogen and oxygen atoms in total. The van der Waals surface area contributed by atoms with Crippen molar-refractivity contribution in [2.24, 2.45) is 0 Å². The van der Waals surface area contributed by atoms with Gasteiger partial charge < -0.3 is 5.32 Å².